The Balaban J connectivity index is 4.52. The van der Waals surface area contributed by atoms with Gasteiger partial charge < -0.3 is 51.3 Å². The Hall–Kier alpha value is -2.99. The molecule has 0 aliphatic carbocycles. The fraction of sp³-hybridized carbons (Fsp3) is 0.727. The molecule has 0 radical (unpaired) electrons. The lowest BCUT2D eigenvalue weighted by Crippen LogP contribution is -2.55. The molecule has 4 amide bonds. The molecule has 4 unspecified atom stereocenters. The summed E-state index contributed by atoms with van der Waals surface area (Å²) in [5.74, 6) is -4.40. The van der Waals surface area contributed by atoms with E-state index in [1.165, 1.54) is 0 Å². The maximum Gasteiger partial charge on any atom is 0.306 e. The van der Waals surface area contributed by atoms with Crippen molar-refractivity contribution in [1.29, 1.82) is 0 Å². The molecule has 0 rings (SSSR count). The van der Waals surface area contributed by atoms with E-state index >= 15 is 0 Å². The number of aliphatic hydroxyl groups excluding tert-OH is 1. The third-order valence-corrected chi connectivity index (χ3v) is 6.15. The fourth-order valence-electron chi connectivity index (χ4n) is 2.61. The summed E-state index contributed by atoms with van der Waals surface area (Å²) in [6, 6.07) is -2.67. The zero-order valence-electron chi connectivity index (χ0n) is 22.1. The van der Waals surface area contributed by atoms with Crippen LogP contribution in [-0.2, 0) is 54.2 Å². The zero-order chi connectivity index (χ0) is 29.8. The smallest absolute Gasteiger partial charge is 0.306 e. The van der Waals surface area contributed by atoms with Crippen LogP contribution in [-0.4, -0.2) is 114 Å². The lowest BCUT2D eigenvalue weighted by molar-refractivity contribution is -0.157. The van der Waals surface area contributed by atoms with Crippen molar-refractivity contribution in [3.8, 4) is 0 Å². The van der Waals surface area contributed by atoms with Crippen molar-refractivity contribution in [2.45, 2.75) is 51.3 Å². The van der Waals surface area contributed by atoms with Crippen molar-refractivity contribution in [2.24, 2.45) is 11.5 Å². The Morgan fingerprint density at radius 3 is 2.23 bits per heavy atom. The van der Waals surface area contributed by atoms with Gasteiger partial charge in [0.15, 0.2) is 6.10 Å². The number of carbonyl (C=O) groups is 6. The summed E-state index contributed by atoms with van der Waals surface area (Å²) in [6.07, 6.45) is -0.861. The van der Waals surface area contributed by atoms with Crippen LogP contribution < -0.4 is 27.4 Å². The predicted molar refractivity (Wildman–Crippen MR) is 137 cm³/mol. The average Bonchev–Trinajstić information content (AvgIpc) is 2.89. The SMILES string of the molecule is CCC(=O)OCC(C[S+]([O-])CC(N)C(=O)NC(CO)C(=O)NCCOCCC(=O)NCC(N)=O)OC(=O)CC. The number of rotatable bonds is 21. The van der Waals surface area contributed by atoms with Crippen molar-refractivity contribution in [3.05, 3.63) is 0 Å². The van der Waals surface area contributed by atoms with Gasteiger partial charge in [-0.1, -0.05) is 13.8 Å². The van der Waals surface area contributed by atoms with Gasteiger partial charge in [0.25, 0.3) is 0 Å². The predicted octanol–water partition coefficient (Wildman–Crippen LogP) is -4.06. The summed E-state index contributed by atoms with van der Waals surface area (Å²) in [4.78, 5) is 69.6. The number of amides is 4. The molecule has 224 valence electrons. The molecule has 0 bridgehead atoms. The Kier molecular flexibility index (Phi) is 19.3. The molecule has 0 aromatic carbocycles. The van der Waals surface area contributed by atoms with Crippen LogP contribution in [0.3, 0.4) is 0 Å². The summed E-state index contributed by atoms with van der Waals surface area (Å²) in [5.41, 5.74) is 10.7. The summed E-state index contributed by atoms with van der Waals surface area (Å²) < 4.78 is 27.8. The van der Waals surface area contributed by atoms with Gasteiger partial charge in [0.2, 0.25) is 23.6 Å². The Morgan fingerprint density at radius 1 is 0.974 bits per heavy atom. The van der Waals surface area contributed by atoms with Crippen LogP contribution in [0.15, 0.2) is 0 Å². The number of esters is 2. The molecule has 0 aromatic rings. The number of primary amides is 1. The van der Waals surface area contributed by atoms with Gasteiger partial charge in [-0.05, 0) is 11.2 Å². The molecule has 39 heavy (non-hydrogen) atoms. The third-order valence-electron chi connectivity index (χ3n) is 4.67. The number of ether oxygens (including phenoxy) is 3. The standard InChI is InChI=1S/C22H39N5O11S/c1-3-19(31)37-11-14(38-20(32)4-2)12-39(35)13-15(23)21(33)27-16(10-28)22(34)25-6-8-36-7-5-18(30)26-9-17(24)29/h14-16,28H,3-13,23H2,1-2H3,(H2,24,29)(H,25,34)(H,26,30)(H,27,33). The van der Waals surface area contributed by atoms with Crippen LogP contribution in [0.5, 0.6) is 0 Å². The van der Waals surface area contributed by atoms with E-state index in [1.54, 1.807) is 13.8 Å². The number of nitrogens with two attached hydrogens (primary N) is 2. The Labute approximate surface area is 229 Å². The molecular formula is C22H39N5O11S. The fourth-order valence-corrected chi connectivity index (χ4v) is 3.88. The van der Waals surface area contributed by atoms with Crippen LogP contribution in [0.4, 0.5) is 0 Å². The van der Waals surface area contributed by atoms with Gasteiger partial charge in [0.05, 0.1) is 26.4 Å². The summed E-state index contributed by atoms with van der Waals surface area (Å²) in [6.45, 7) is 1.86. The van der Waals surface area contributed by atoms with E-state index in [0.717, 1.165) is 0 Å². The minimum Gasteiger partial charge on any atom is -0.616 e. The van der Waals surface area contributed by atoms with Crippen LogP contribution in [0.1, 0.15) is 33.1 Å². The molecule has 0 aromatic heterocycles. The third kappa shape index (κ3) is 18.0. The van der Waals surface area contributed by atoms with Gasteiger partial charge in [-0.15, -0.1) is 0 Å². The van der Waals surface area contributed by atoms with E-state index in [4.69, 9.17) is 25.7 Å². The van der Waals surface area contributed by atoms with Gasteiger partial charge in [-0.3, -0.25) is 28.8 Å². The molecule has 16 nitrogen and oxygen atoms in total. The van der Waals surface area contributed by atoms with Crippen LogP contribution in [0, 0.1) is 0 Å². The molecule has 0 aliphatic heterocycles. The van der Waals surface area contributed by atoms with Crippen LogP contribution in [0.2, 0.25) is 0 Å². The molecule has 4 atom stereocenters. The first kappa shape index (κ1) is 36.0. The highest BCUT2D eigenvalue weighted by atomic mass is 32.2. The van der Waals surface area contributed by atoms with Crippen molar-refractivity contribution >= 4 is 46.7 Å². The summed E-state index contributed by atoms with van der Waals surface area (Å²) in [7, 11) is 0. The van der Waals surface area contributed by atoms with Gasteiger partial charge in [-0.2, -0.15) is 0 Å². The van der Waals surface area contributed by atoms with Crippen LogP contribution >= 0.6 is 0 Å². The Bertz CT molecular complexity index is 817. The molecule has 0 fully saturated rings. The normalized spacial score (nSPS) is 13.8. The minimum absolute atomic E-state index is 0.00462. The lowest BCUT2D eigenvalue weighted by atomic mass is 10.2. The van der Waals surface area contributed by atoms with Crippen molar-refractivity contribution in [2.75, 3.05) is 51.0 Å². The second kappa shape index (κ2) is 20.9. The number of hydrogen-bond donors (Lipinski definition) is 6. The van der Waals surface area contributed by atoms with Crippen LogP contribution in [0.25, 0.3) is 0 Å². The van der Waals surface area contributed by atoms with Gasteiger partial charge in [0.1, 0.15) is 30.2 Å². The van der Waals surface area contributed by atoms with E-state index in [2.05, 4.69) is 16.0 Å². The maximum atomic E-state index is 12.5. The van der Waals surface area contributed by atoms with Gasteiger partial charge in [0, 0.05) is 25.8 Å². The molecule has 17 heteroatoms. The van der Waals surface area contributed by atoms with Gasteiger partial charge in [-0.25, -0.2) is 0 Å². The average molecular weight is 582 g/mol. The van der Waals surface area contributed by atoms with E-state index in [-0.39, 0.29) is 63.7 Å². The lowest BCUT2D eigenvalue weighted by Gasteiger charge is -2.22. The number of aliphatic hydroxyl groups is 1. The second-order valence-electron chi connectivity index (χ2n) is 8.02. The first-order chi connectivity index (χ1) is 18.4. The van der Waals surface area contributed by atoms with Gasteiger partial charge >= 0.3 is 11.9 Å². The topological polar surface area (TPSA) is 262 Å². The van der Waals surface area contributed by atoms with E-state index in [1.807, 2.05) is 0 Å². The molecule has 0 saturated heterocycles. The Morgan fingerprint density at radius 2 is 1.64 bits per heavy atom. The summed E-state index contributed by atoms with van der Waals surface area (Å²) in [5, 5.41) is 16.5. The van der Waals surface area contributed by atoms with Crippen molar-refractivity contribution < 1.29 is 52.6 Å². The number of hydrogen-bond acceptors (Lipinski definition) is 12. The highest BCUT2D eigenvalue weighted by Gasteiger charge is 2.29. The minimum atomic E-state index is -1.76. The van der Waals surface area contributed by atoms with Crippen molar-refractivity contribution in [1.82, 2.24) is 16.0 Å². The van der Waals surface area contributed by atoms with E-state index in [0.29, 0.717) is 0 Å². The summed E-state index contributed by atoms with van der Waals surface area (Å²) >= 11 is -1.76. The molecular weight excluding hydrogens is 542 g/mol. The van der Waals surface area contributed by atoms with E-state index < -0.39 is 71.5 Å². The molecule has 0 spiro atoms. The molecule has 0 aliphatic rings. The zero-order valence-corrected chi connectivity index (χ0v) is 22.9. The first-order valence-electron chi connectivity index (χ1n) is 12.2. The molecule has 0 heterocycles. The van der Waals surface area contributed by atoms with E-state index in [9.17, 15) is 38.4 Å². The first-order valence-corrected chi connectivity index (χ1v) is 13.7. The second-order valence-corrected chi connectivity index (χ2v) is 9.57. The molecule has 0 saturated carbocycles. The number of nitrogens with one attached hydrogen (secondary N) is 3. The highest BCUT2D eigenvalue weighted by molar-refractivity contribution is 7.91. The quantitative estimate of drug-likeness (QED) is 0.0430. The molecule has 8 N–H and O–H groups in total. The van der Waals surface area contributed by atoms with Crippen molar-refractivity contribution in [3.63, 3.8) is 0 Å². The monoisotopic (exact) mass is 581 g/mol. The highest BCUT2D eigenvalue weighted by Crippen LogP contribution is 2.05. The largest absolute Gasteiger partial charge is 0.616 e. The maximum absolute atomic E-state index is 12.5. The number of carbonyl (C=O) groups excluding carboxylic acids is 6.